The van der Waals surface area contributed by atoms with E-state index in [1.807, 2.05) is 24.3 Å². The average molecular weight is 335 g/mol. The first-order valence-corrected chi connectivity index (χ1v) is 7.37. The molecule has 0 spiro atoms. The summed E-state index contributed by atoms with van der Waals surface area (Å²) in [7, 11) is 1.68. The van der Waals surface area contributed by atoms with E-state index >= 15 is 0 Å². The fraction of sp³-hybridized carbons (Fsp3) is 0.250. The van der Waals surface area contributed by atoms with Gasteiger partial charge in [-0.1, -0.05) is 52.3 Å². The van der Waals surface area contributed by atoms with Crippen molar-refractivity contribution in [3.05, 3.63) is 64.1 Å². The van der Waals surface area contributed by atoms with Crippen LogP contribution in [-0.2, 0) is 6.42 Å². The molecule has 0 bridgehead atoms. The molecule has 0 saturated heterocycles. The molecule has 0 saturated carbocycles. The van der Waals surface area contributed by atoms with Crippen LogP contribution < -0.4 is 16.0 Å². The molecular formula is C16H19BrN2O. The van der Waals surface area contributed by atoms with Crippen molar-refractivity contribution >= 4 is 15.9 Å². The number of halogens is 1. The van der Waals surface area contributed by atoms with Gasteiger partial charge in [-0.2, -0.15) is 0 Å². The Morgan fingerprint density at radius 1 is 1.20 bits per heavy atom. The maximum absolute atomic E-state index is 5.71. The summed E-state index contributed by atoms with van der Waals surface area (Å²) in [6.07, 6.45) is 1.88. The Hall–Kier alpha value is -1.36. The molecule has 1 unspecified atom stereocenters. The predicted octanol–water partition coefficient (Wildman–Crippen LogP) is 3.59. The SMILES string of the molecule is COc1cc(Br)ccc1C(CCc1ccccc1)NN. The Balaban J connectivity index is 2.12. The highest BCUT2D eigenvalue weighted by Gasteiger charge is 2.15. The third-order valence-corrected chi connectivity index (χ3v) is 3.83. The minimum atomic E-state index is 0.0678. The number of ether oxygens (including phenoxy) is 1. The van der Waals surface area contributed by atoms with Gasteiger partial charge in [-0.15, -0.1) is 0 Å². The van der Waals surface area contributed by atoms with Crippen molar-refractivity contribution in [3.8, 4) is 5.75 Å². The highest BCUT2D eigenvalue weighted by atomic mass is 79.9. The molecule has 3 N–H and O–H groups in total. The van der Waals surface area contributed by atoms with Gasteiger partial charge in [0.1, 0.15) is 5.75 Å². The van der Waals surface area contributed by atoms with Crippen molar-refractivity contribution in [1.29, 1.82) is 0 Å². The molecule has 2 rings (SSSR count). The first kappa shape index (κ1) is 15.0. The largest absolute Gasteiger partial charge is 0.496 e. The normalized spacial score (nSPS) is 12.2. The summed E-state index contributed by atoms with van der Waals surface area (Å²) in [5.74, 6) is 6.56. The average Bonchev–Trinajstić information content (AvgIpc) is 2.50. The first-order valence-electron chi connectivity index (χ1n) is 6.58. The summed E-state index contributed by atoms with van der Waals surface area (Å²) in [5.41, 5.74) is 5.27. The highest BCUT2D eigenvalue weighted by molar-refractivity contribution is 9.10. The third-order valence-electron chi connectivity index (χ3n) is 3.34. The van der Waals surface area contributed by atoms with E-state index in [1.165, 1.54) is 5.56 Å². The van der Waals surface area contributed by atoms with Crippen molar-refractivity contribution in [2.45, 2.75) is 18.9 Å². The van der Waals surface area contributed by atoms with Crippen LogP contribution in [0.2, 0.25) is 0 Å². The van der Waals surface area contributed by atoms with Crippen molar-refractivity contribution < 1.29 is 4.74 Å². The van der Waals surface area contributed by atoms with E-state index in [2.05, 4.69) is 45.6 Å². The van der Waals surface area contributed by atoms with Crippen LogP contribution >= 0.6 is 15.9 Å². The highest BCUT2D eigenvalue weighted by Crippen LogP contribution is 2.30. The number of rotatable bonds is 6. The molecule has 0 heterocycles. The first-order chi connectivity index (χ1) is 9.74. The minimum absolute atomic E-state index is 0.0678. The summed E-state index contributed by atoms with van der Waals surface area (Å²) in [4.78, 5) is 0. The maximum Gasteiger partial charge on any atom is 0.124 e. The molecule has 0 aliphatic rings. The molecule has 2 aromatic carbocycles. The standard InChI is InChI=1S/C16H19BrN2O/c1-20-16-11-13(17)8-9-14(16)15(19-18)10-7-12-5-3-2-4-6-12/h2-6,8-9,11,15,19H,7,10,18H2,1H3. The second-order valence-electron chi connectivity index (χ2n) is 4.63. The van der Waals surface area contributed by atoms with Gasteiger partial charge in [0.25, 0.3) is 0 Å². The number of benzene rings is 2. The summed E-state index contributed by atoms with van der Waals surface area (Å²) in [5, 5.41) is 0. The maximum atomic E-state index is 5.71. The molecule has 0 radical (unpaired) electrons. The number of hydrogen-bond acceptors (Lipinski definition) is 3. The van der Waals surface area contributed by atoms with Gasteiger partial charge in [-0.25, -0.2) is 0 Å². The molecule has 2 aromatic rings. The minimum Gasteiger partial charge on any atom is -0.496 e. The van der Waals surface area contributed by atoms with Gasteiger partial charge in [0.05, 0.1) is 7.11 Å². The number of aryl methyl sites for hydroxylation is 1. The number of methoxy groups -OCH3 is 1. The van der Waals surface area contributed by atoms with Gasteiger partial charge in [0, 0.05) is 16.1 Å². The lowest BCUT2D eigenvalue weighted by atomic mass is 9.99. The van der Waals surface area contributed by atoms with Crippen molar-refractivity contribution in [1.82, 2.24) is 5.43 Å². The van der Waals surface area contributed by atoms with Gasteiger partial charge >= 0.3 is 0 Å². The van der Waals surface area contributed by atoms with E-state index in [0.717, 1.165) is 28.6 Å². The molecule has 3 nitrogen and oxygen atoms in total. The molecule has 20 heavy (non-hydrogen) atoms. The Labute approximate surface area is 128 Å². The van der Waals surface area contributed by atoms with Gasteiger partial charge in [0.2, 0.25) is 0 Å². The second-order valence-corrected chi connectivity index (χ2v) is 5.55. The zero-order valence-corrected chi connectivity index (χ0v) is 13.1. The Kier molecular flexibility index (Phi) is 5.59. The lowest BCUT2D eigenvalue weighted by Crippen LogP contribution is -2.28. The molecule has 106 valence electrons. The van der Waals surface area contributed by atoms with Gasteiger partial charge in [-0.05, 0) is 30.5 Å². The monoisotopic (exact) mass is 334 g/mol. The van der Waals surface area contributed by atoms with Crippen LogP contribution in [-0.4, -0.2) is 7.11 Å². The van der Waals surface area contributed by atoms with E-state index in [9.17, 15) is 0 Å². The molecule has 0 aliphatic heterocycles. The summed E-state index contributed by atoms with van der Waals surface area (Å²) < 4.78 is 6.43. The summed E-state index contributed by atoms with van der Waals surface area (Å²) >= 11 is 3.45. The molecular weight excluding hydrogens is 316 g/mol. The Morgan fingerprint density at radius 2 is 1.95 bits per heavy atom. The van der Waals surface area contributed by atoms with E-state index in [4.69, 9.17) is 10.6 Å². The van der Waals surface area contributed by atoms with Crippen LogP contribution in [0.5, 0.6) is 5.75 Å². The molecule has 0 fully saturated rings. The van der Waals surface area contributed by atoms with Crippen LogP contribution in [0.1, 0.15) is 23.6 Å². The van der Waals surface area contributed by atoms with Crippen LogP contribution in [0.4, 0.5) is 0 Å². The smallest absolute Gasteiger partial charge is 0.124 e. The molecule has 1 atom stereocenters. The van der Waals surface area contributed by atoms with E-state index < -0.39 is 0 Å². The van der Waals surface area contributed by atoms with Gasteiger partial charge < -0.3 is 4.74 Å². The van der Waals surface area contributed by atoms with Crippen LogP contribution in [0.3, 0.4) is 0 Å². The second kappa shape index (κ2) is 7.43. The number of nitrogens with two attached hydrogens (primary N) is 1. The summed E-state index contributed by atoms with van der Waals surface area (Å²) in [6.45, 7) is 0. The lowest BCUT2D eigenvalue weighted by molar-refractivity contribution is 0.395. The van der Waals surface area contributed by atoms with Crippen LogP contribution in [0.25, 0.3) is 0 Å². The number of hydrogen-bond donors (Lipinski definition) is 2. The third kappa shape index (κ3) is 3.82. The molecule has 0 aromatic heterocycles. The quantitative estimate of drug-likeness (QED) is 0.626. The number of nitrogens with one attached hydrogen (secondary N) is 1. The van der Waals surface area contributed by atoms with Crippen molar-refractivity contribution in [2.75, 3.05) is 7.11 Å². The zero-order valence-electron chi connectivity index (χ0n) is 11.5. The molecule has 4 heteroatoms. The molecule has 0 aliphatic carbocycles. The van der Waals surface area contributed by atoms with Crippen molar-refractivity contribution in [2.24, 2.45) is 5.84 Å². The fourth-order valence-electron chi connectivity index (χ4n) is 2.26. The Morgan fingerprint density at radius 3 is 2.60 bits per heavy atom. The predicted molar refractivity (Wildman–Crippen MR) is 85.5 cm³/mol. The number of hydrazine groups is 1. The fourth-order valence-corrected chi connectivity index (χ4v) is 2.60. The summed E-state index contributed by atoms with van der Waals surface area (Å²) in [6, 6.07) is 16.5. The molecule has 0 amide bonds. The van der Waals surface area contributed by atoms with E-state index in [1.54, 1.807) is 7.11 Å². The zero-order chi connectivity index (χ0) is 14.4. The van der Waals surface area contributed by atoms with Crippen LogP contribution in [0.15, 0.2) is 53.0 Å². The topological polar surface area (TPSA) is 47.3 Å². The van der Waals surface area contributed by atoms with Crippen molar-refractivity contribution in [3.63, 3.8) is 0 Å². The van der Waals surface area contributed by atoms with E-state index in [-0.39, 0.29) is 6.04 Å². The van der Waals surface area contributed by atoms with E-state index in [0.29, 0.717) is 0 Å². The van der Waals surface area contributed by atoms with Gasteiger partial charge in [0.15, 0.2) is 0 Å². The van der Waals surface area contributed by atoms with Gasteiger partial charge in [-0.3, -0.25) is 11.3 Å². The van der Waals surface area contributed by atoms with Crippen LogP contribution in [0, 0.1) is 0 Å². The Bertz CT molecular complexity index is 545. The lowest BCUT2D eigenvalue weighted by Gasteiger charge is -2.19.